The van der Waals surface area contributed by atoms with Gasteiger partial charge in [-0.15, -0.1) is 0 Å². The minimum absolute atomic E-state index is 0.409. The summed E-state index contributed by atoms with van der Waals surface area (Å²) in [4.78, 5) is 7.79. The Morgan fingerprint density at radius 3 is 2.57 bits per heavy atom. The van der Waals surface area contributed by atoms with Gasteiger partial charge in [0, 0.05) is 12.3 Å². The van der Waals surface area contributed by atoms with Crippen LogP contribution in [0.4, 0.5) is 5.69 Å². The normalized spacial score (nSPS) is 21.7. The Kier molecular flexibility index (Phi) is 5.05. The molecule has 0 unspecified atom stereocenters. The molecule has 126 valence electrons. The maximum absolute atomic E-state index is 5.12. The summed E-state index contributed by atoms with van der Waals surface area (Å²) >= 11 is 1.99. The molecule has 1 heterocycles. The average molecular weight is 331 g/mol. The summed E-state index contributed by atoms with van der Waals surface area (Å²) in [5.41, 5.74) is 5.64. The molecule has 1 aliphatic carbocycles. The Hall–Kier alpha value is -0.960. The lowest BCUT2D eigenvalue weighted by atomic mass is 9.98. The topological polar surface area (TPSA) is 15.6 Å². The summed E-state index contributed by atoms with van der Waals surface area (Å²) in [5, 5.41) is 1.27. The highest BCUT2D eigenvalue weighted by molar-refractivity contribution is 8.14. The molecule has 0 amide bonds. The van der Waals surface area contributed by atoms with Crippen molar-refractivity contribution in [3.63, 3.8) is 0 Å². The van der Waals surface area contributed by atoms with Crippen LogP contribution in [0.25, 0.3) is 0 Å². The number of unbranched alkanes of at least 4 members (excludes halogenated alkanes) is 1. The summed E-state index contributed by atoms with van der Waals surface area (Å²) in [6, 6.07) is 4.41. The van der Waals surface area contributed by atoms with Crippen LogP contribution in [0.1, 0.15) is 62.1 Å². The predicted octanol–water partition coefficient (Wildman–Crippen LogP) is 5.76. The Morgan fingerprint density at radius 1 is 1.13 bits per heavy atom. The molecular formula is C20H30N2S. The van der Waals surface area contributed by atoms with Crippen molar-refractivity contribution in [2.24, 2.45) is 4.99 Å². The molecule has 0 radical (unpaired) electrons. The molecule has 2 fully saturated rings. The number of hydrogen-bond acceptors (Lipinski definition) is 2. The zero-order chi connectivity index (χ0) is 16.4. The Bertz CT molecular complexity index is 600. The first-order chi connectivity index (χ1) is 11.1. The van der Waals surface area contributed by atoms with Crippen molar-refractivity contribution in [2.45, 2.75) is 71.8 Å². The van der Waals surface area contributed by atoms with Crippen LogP contribution in [0.5, 0.6) is 0 Å². The lowest BCUT2D eigenvalue weighted by molar-refractivity contribution is 0.214. The fraction of sp³-hybridized carbons (Fsp3) is 0.650. The van der Waals surface area contributed by atoms with Gasteiger partial charge in [-0.1, -0.05) is 44.0 Å². The van der Waals surface area contributed by atoms with Crippen molar-refractivity contribution in [3.05, 3.63) is 28.8 Å². The largest absolute Gasteiger partial charge is 0.345 e. The molecule has 0 N–H and O–H groups in total. The third-order valence-electron chi connectivity index (χ3n) is 5.79. The van der Waals surface area contributed by atoms with E-state index in [-0.39, 0.29) is 0 Å². The van der Waals surface area contributed by atoms with Gasteiger partial charge >= 0.3 is 0 Å². The summed E-state index contributed by atoms with van der Waals surface area (Å²) in [6.45, 7) is 10.1. The van der Waals surface area contributed by atoms with Crippen LogP contribution >= 0.6 is 11.8 Å². The number of amidine groups is 1. The Morgan fingerprint density at radius 2 is 1.87 bits per heavy atom. The van der Waals surface area contributed by atoms with Crippen LogP contribution in [0.3, 0.4) is 0 Å². The number of rotatable bonds is 4. The maximum atomic E-state index is 5.12. The molecule has 1 aliphatic heterocycles. The van der Waals surface area contributed by atoms with Gasteiger partial charge in [0.1, 0.15) is 0 Å². The lowest BCUT2D eigenvalue weighted by Gasteiger charge is -2.35. The number of hydrogen-bond donors (Lipinski definition) is 0. The third kappa shape index (κ3) is 3.17. The highest BCUT2D eigenvalue weighted by Gasteiger charge is 2.46. The van der Waals surface area contributed by atoms with Crippen LogP contribution in [-0.4, -0.2) is 27.9 Å². The number of aliphatic imine (C=N–C) groups is 1. The fourth-order valence-electron chi connectivity index (χ4n) is 3.91. The van der Waals surface area contributed by atoms with Crippen LogP contribution in [0, 0.1) is 20.8 Å². The highest BCUT2D eigenvalue weighted by Crippen LogP contribution is 2.45. The quantitative estimate of drug-likeness (QED) is 0.697. The van der Waals surface area contributed by atoms with Gasteiger partial charge in [0.2, 0.25) is 0 Å². The second kappa shape index (κ2) is 6.88. The van der Waals surface area contributed by atoms with E-state index in [2.05, 4.69) is 44.7 Å². The molecule has 1 saturated heterocycles. The van der Waals surface area contributed by atoms with Crippen LogP contribution in [0.2, 0.25) is 0 Å². The van der Waals surface area contributed by atoms with Gasteiger partial charge in [0.15, 0.2) is 5.17 Å². The number of benzene rings is 1. The maximum Gasteiger partial charge on any atom is 0.164 e. The SMILES string of the molecule is CCCCN1C(=Nc2ccc(C)c(C)c2C)SCC12CCCC2. The van der Waals surface area contributed by atoms with Crippen molar-refractivity contribution in [3.8, 4) is 0 Å². The number of nitrogens with zero attached hydrogens (tertiary/aromatic N) is 2. The molecule has 0 atom stereocenters. The molecule has 1 aromatic carbocycles. The van der Waals surface area contributed by atoms with Gasteiger partial charge in [-0.3, -0.25) is 0 Å². The van der Waals surface area contributed by atoms with Gasteiger partial charge in [-0.25, -0.2) is 4.99 Å². The minimum Gasteiger partial charge on any atom is -0.345 e. The Labute approximate surface area is 145 Å². The van der Waals surface area contributed by atoms with E-state index >= 15 is 0 Å². The average Bonchev–Trinajstić information content (AvgIpc) is 3.15. The highest BCUT2D eigenvalue weighted by atomic mass is 32.2. The van der Waals surface area contributed by atoms with Crippen molar-refractivity contribution >= 4 is 22.6 Å². The standard InChI is InChI=1S/C20H30N2S/c1-5-6-13-22-19(23-14-20(22)11-7-8-12-20)21-18-10-9-15(2)16(3)17(18)4/h9-10H,5-8,11-14H2,1-4H3. The third-order valence-corrected chi connectivity index (χ3v) is 7.04. The lowest BCUT2D eigenvalue weighted by Crippen LogP contribution is -2.45. The fourth-order valence-corrected chi connectivity index (χ4v) is 5.36. The molecule has 2 aliphatic rings. The van der Waals surface area contributed by atoms with Crippen molar-refractivity contribution in [1.29, 1.82) is 0 Å². The first kappa shape index (κ1) is 16.9. The molecular weight excluding hydrogens is 300 g/mol. The van der Waals surface area contributed by atoms with Gasteiger partial charge < -0.3 is 4.90 Å². The van der Waals surface area contributed by atoms with Gasteiger partial charge in [0.25, 0.3) is 0 Å². The molecule has 1 spiro atoms. The smallest absolute Gasteiger partial charge is 0.164 e. The summed E-state index contributed by atoms with van der Waals surface area (Å²) in [5.74, 6) is 1.24. The van der Waals surface area contributed by atoms with E-state index in [0.29, 0.717) is 5.54 Å². The monoisotopic (exact) mass is 330 g/mol. The molecule has 23 heavy (non-hydrogen) atoms. The number of thioether (sulfide) groups is 1. The summed E-state index contributed by atoms with van der Waals surface area (Å²) in [7, 11) is 0. The second-order valence-electron chi connectivity index (χ2n) is 7.27. The molecule has 1 saturated carbocycles. The van der Waals surface area contributed by atoms with E-state index < -0.39 is 0 Å². The van der Waals surface area contributed by atoms with Crippen molar-refractivity contribution in [2.75, 3.05) is 12.3 Å². The van der Waals surface area contributed by atoms with E-state index in [1.807, 2.05) is 11.8 Å². The summed E-state index contributed by atoms with van der Waals surface area (Å²) < 4.78 is 0. The summed E-state index contributed by atoms with van der Waals surface area (Å²) in [6.07, 6.45) is 8.02. The first-order valence-corrected chi connectivity index (χ1v) is 10.1. The molecule has 0 bridgehead atoms. The zero-order valence-electron chi connectivity index (χ0n) is 15.1. The molecule has 0 aromatic heterocycles. The second-order valence-corrected chi connectivity index (χ2v) is 8.21. The molecule has 3 rings (SSSR count). The van der Waals surface area contributed by atoms with Crippen LogP contribution < -0.4 is 0 Å². The van der Waals surface area contributed by atoms with Crippen molar-refractivity contribution < 1.29 is 0 Å². The van der Waals surface area contributed by atoms with E-state index in [1.165, 1.54) is 72.7 Å². The van der Waals surface area contributed by atoms with Crippen LogP contribution in [-0.2, 0) is 0 Å². The Balaban J connectivity index is 1.92. The molecule has 1 aromatic rings. The minimum atomic E-state index is 0.409. The van der Waals surface area contributed by atoms with E-state index in [9.17, 15) is 0 Å². The van der Waals surface area contributed by atoms with Gasteiger partial charge in [-0.05, 0) is 62.8 Å². The van der Waals surface area contributed by atoms with E-state index in [1.54, 1.807) is 0 Å². The van der Waals surface area contributed by atoms with Crippen molar-refractivity contribution in [1.82, 2.24) is 4.90 Å². The molecule has 2 nitrogen and oxygen atoms in total. The predicted molar refractivity (Wildman–Crippen MR) is 103 cm³/mol. The van der Waals surface area contributed by atoms with E-state index in [4.69, 9.17) is 4.99 Å². The van der Waals surface area contributed by atoms with Gasteiger partial charge in [-0.2, -0.15) is 0 Å². The number of aryl methyl sites for hydroxylation is 1. The van der Waals surface area contributed by atoms with E-state index in [0.717, 1.165) is 5.69 Å². The van der Waals surface area contributed by atoms with Crippen LogP contribution in [0.15, 0.2) is 17.1 Å². The molecule has 3 heteroatoms. The zero-order valence-corrected chi connectivity index (χ0v) is 15.9. The first-order valence-electron chi connectivity index (χ1n) is 9.13. The van der Waals surface area contributed by atoms with Gasteiger partial charge in [0.05, 0.1) is 11.2 Å².